The summed E-state index contributed by atoms with van der Waals surface area (Å²) in [6.45, 7) is 3.78. The van der Waals surface area contributed by atoms with Crippen LogP contribution in [0.25, 0.3) is 0 Å². The van der Waals surface area contributed by atoms with E-state index in [1.54, 1.807) is 11.8 Å². The number of benzene rings is 1. The topological polar surface area (TPSA) is 42.3 Å². The van der Waals surface area contributed by atoms with Crippen molar-refractivity contribution in [1.29, 1.82) is 0 Å². The van der Waals surface area contributed by atoms with Crippen LogP contribution in [0.3, 0.4) is 0 Å². The van der Waals surface area contributed by atoms with Crippen LogP contribution < -0.4 is 10.1 Å². The molecule has 0 unspecified atom stereocenters. The van der Waals surface area contributed by atoms with E-state index in [0.717, 1.165) is 17.0 Å². The van der Waals surface area contributed by atoms with Crippen molar-refractivity contribution in [3.8, 4) is 5.75 Å². The van der Waals surface area contributed by atoms with Crippen LogP contribution in [-0.4, -0.2) is 40.9 Å². The fourth-order valence-electron chi connectivity index (χ4n) is 3.90. The van der Waals surface area contributed by atoms with Gasteiger partial charge in [0, 0.05) is 37.7 Å². The van der Waals surface area contributed by atoms with Crippen LogP contribution in [0, 0.1) is 0 Å². The van der Waals surface area contributed by atoms with E-state index in [0.29, 0.717) is 38.2 Å². The Hall–Kier alpha value is -1.99. The molecule has 0 radical (unpaired) electrons. The predicted octanol–water partition coefficient (Wildman–Crippen LogP) is 2.53. The van der Waals surface area contributed by atoms with Gasteiger partial charge in [-0.05, 0) is 24.6 Å². The van der Waals surface area contributed by atoms with Crippen molar-refractivity contribution < 1.29 is 13.5 Å². The third kappa shape index (κ3) is 3.21. The van der Waals surface area contributed by atoms with Gasteiger partial charge in [-0.25, -0.2) is 0 Å². The summed E-state index contributed by atoms with van der Waals surface area (Å²) in [6.07, 6.45) is 0.709. The molecule has 2 aliphatic rings. The van der Waals surface area contributed by atoms with Crippen LogP contribution in [0.15, 0.2) is 24.3 Å². The van der Waals surface area contributed by atoms with Gasteiger partial charge in [0.2, 0.25) is 0 Å². The maximum atomic E-state index is 15.1. The van der Waals surface area contributed by atoms with Crippen LogP contribution >= 0.6 is 0 Å². The number of ether oxygens (including phenoxy) is 1. The lowest BCUT2D eigenvalue weighted by molar-refractivity contribution is -0.0390. The molecule has 1 N–H and O–H groups in total. The molecule has 0 fully saturated rings. The van der Waals surface area contributed by atoms with E-state index < -0.39 is 5.92 Å². The molecule has 0 spiro atoms. The van der Waals surface area contributed by atoms with Crippen molar-refractivity contribution in [3.05, 3.63) is 46.8 Å². The van der Waals surface area contributed by atoms with Crippen molar-refractivity contribution in [3.63, 3.8) is 0 Å². The van der Waals surface area contributed by atoms with E-state index >= 15 is 8.78 Å². The molecule has 26 heavy (non-hydrogen) atoms. The van der Waals surface area contributed by atoms with Crippen LogP contribution in [0.1, 0.15) is 29.4 Å². The van der Waals surface area contributed by atoms with E-state index in [1.165, 1.54) is 0 Å². The number of hydrogen-bond acceptors (Lipinski definition) is 4. The third-order valence-corrected chi connectivity index (χ3v) is 5.22. The summed E-state index contributed by atoms with van der Waals surface area (Å²) >= 11 is 0. The zero-order chi connectivity index (χ0) is 18.3. The van der Waals surface area contributed by atoms with E-state index in [1.807, 2.05) is 29.2 Å². The summed E-state index contributed by atoms with van der Waals surface area (Å²) < 4.78 is 36.9. The maximum Gasteiger partial charge on any atom is 0.302 e. The van der Waals surface area contributed by atoms with Crippen LogP contribution in [0.4, 0.5) is 8.78 Å². The Morgan fingerprint density at radius 1 is 1.27 bits per heavy atom. The minimum absolute atomic E-state index is 0.101. The molecule has 3 heterocycles. The number of nitrogens with one attached hydrogen (secondary N) is 1. The SMILES string of the molecule is COc1ccc(CN2CCn3nc4c(c3C(F)(F)C2)CN[C@H](C)C4)cc1. The minimum atomic E-state index is -2.91. The Morgan fingerprint density at radius 3 is 2.77 bits per heavy atom. The molecule has 140 valence electrons. The van der Waals surface area contributed by atoms with Crippen molar-refractivity contribution in [2.45, 2.75) is 44.9 Å². The smallest absolute Gasteiger partial charge is 0.302 e. The summed E-state index contributed by atoms with van der Waals surface area (Å²) in [5.41, 5.74) is 2.62. The Kier molecular flexibility index (Phi) is 4.44. The number of methoxy groups -OCH3 is 1. The van der Waals surface area contributed by atoms with Crippen molar-refractivity contribution in [2.24, 2.45) is 0 Å². The van der Waals surface area contributed by atoms with Crippen LogP contribution in [0.5, 0.6) is 5.75 Å². The second kappa shape index (κ2) is 6.63. The molecule has 0 amide bonds. The van der Waals surface area contributed by atoms with Gasteiger partial charge in [0.1, 0.15) is 11.4 Å². The minimum Gasteiger partial charge on any atom is -0.497 e. The van der Waals surface area contributed by atoms with E-state index in [4.69, 9.17) is 4.74 Å². The molecule has 2 aliphatic heterocycles. The fourth-order valence-corrected chi connectivity index (χ4v) is 3.90. The molecular weight excluding hydrogens is 338 g/mol. The zero-order valence-electron chi connectivity index (χ0n) is 15.1. The van der Waals surface area contributed by atoms with Gasteiger partial charge in [-0.15, -0.1) is 0 Å². The highest BCUT2D eigenvalue weighted by Gasteiger charge is 2.43. The molecule has 5 nitrogen and oxygen atoms in total. The highest BCUT2D eigenvalue weighted by Crippen LogP contribution is 2.36. The van der Waals surface area contributed by atoms with Crippen LogP contribution in [-0.2, 0) is 32.0 Å². The average molecular weight is 362 g/mol. The monoisotopic (exact) mass is 362 g/mol. The van der Waals surface area contributed by atoms with E-state index in [9.17, 15) is 0 Å². The summed E-state index contributed by atoms with van der Waals surface area (Å²) in [7, 11) is 1.61. The Bertz CT molecular complexity index is 788. The van der Waals surface area contributed by atoms with Gasteiger partial charge >= 0.3 is 5.92 Å². The van der Waals surface area contributed by atoms with Gasteiger partial charge in [-0.3, -0.25) is 9.58 Å². The highest BCUT2D eigenvalue weighted by molar-refractivity contribution is 5.33. The number of alkyl halides is 2. The molecule has 1 aromatic heterocycles. The highest BCUT2D eigenvalue weighted by atomic mass is 19.3. The third-order valence-electron chi connectivity index (χ3n) is 5.22. The molecular formula is C19H24F2N4O. The van der Waals surface area contributed by atoms with Gasteiger partial charge in [0.25, 0.3) is 0 Å². The molecule has 2 aromatic rings. The molecule has 7 heteroatoms. The Morgan fingerprint density at radius 2 is 2.04 bits per heavy atom. The molecule has 4 rings (SSSR count). The second-order valence-corrected chi connectivity index (χ2v) is 7.25. The molecule has 0 bridgehead atoms. The number of aromatic nitrogens is 2. The summed E-state index contributed by atoms with van der Waals surface area (Å²) in [5.74, 6) is -2.14. The molecule has 0 saturated heterocycles. The lowest BCUT2D eigenvalue weighted by atomic mass is 9.99. The summed E-state index contributed by atoms with van der Waals surface area (Å²) in [6, 6.07) is 7.85. The fraction of sp³-hybridized carbons (Fsp3) is 0.526. The number of fused-ring (bicyclic) bond motifs is 3. The van der Waals surface area contributed by atoms with Crippen LogP contribution in [0.2, 0.25) is 0 Å². The first-order chi connectivity index (χ1) is 12.5. The molecule has 0 saturated carbocycles. The molecule has 0 aliphatic carbocycles. The first-order valence-electron chi connectivity index (χ1n) is 9.02. The van der Waals surface area contributed by atoms with E-state index in [-0.39, 0.29) is 18.3 Å². The first-order valence-corrected chi connectivity index (χ1v) is 9.02. The average Bonchev–Trinajstić information content (AvgIpc) is 2.92. The second-order valence-electron chi connectivity index (χ2n) is 7.25. The van der Waals surface area contributed by atoms with Gasteiger partial charge in [-0.2, -0.15) is 13.9 Å². The van der Waals surface area contributed by atoms with Crippen molar-refractivity contribution in [2.75, 3.05) is 20.2 Å². The quantitative estimate of drug-likeness (QED) is 0.911. The molecule has 1 aromatic carbocycles. The number of hydrogen-bond donors (Lipinski definition) is 1. The Labute approximate surface area is 151 Å². The van der Waals surface area contributed by atoms with E-state index in [2.05, 4.69) is 17.3 Å². The first kappa shape index (κ1) is 17.4. The number of rotatable bonds is 3. The van der Waals surface area contributed by atoms with Gasteiger partial charge < -0.3 is 10.1 Å². The lowest BCUT2D eigenvalue weighted by Gasteiger charge is -2.26. The standard InChI is InChI=1S/C19H24F2N4O/c1-13-9-17-16(10-22-13)18-19(20,21)12-24(7-8-25(18)23-17)11-14-3-5-15(26-2)6-4-14/h3-6,13,22H,7-12H2,1-2H3/t13-/m1/s1. The maximum absolute atomic E-state index is 15.1. The predicted molar refractivity (Wildman–Crippen MR) is 94.4 cm³/mol. The van der Waals surface area contributed by atoms with Gasteiger partial charge in [-0.1, -0.05) is 12.1 Å². The summed E-state index contributed by atoms with van der Waals surface area (Å²) in [4.78, 5) is 1.81. The number of nitrogens with zero attached hydrogens (tertiary/aromatic N) is 3. The van der Waals surface area contributed by atoms with Crippen molar-refractivity contribution >= 4 is 0 Å². The molecule has 1 atom stereocenters. The van der Waals surface area contributed by atoms with Gasteiger partial charge in [0.05, 0.1) is 25.9 Å². The van der Waals surface area contributed by atoms with Gasteiger partial charge in [0.15, 0.2) is 0 Å². The number of halogens is 2. The Balaban J connectivity index is 1.55. The zero-order valence-corrected chi connectivity index (χ0v) is 15.1. The summed E-state index contributed by atoms with van der Waals surface area (Å²) in [5, 5.41) is 7.80. The normalized spacial score (nSPS) is 22.4. The lowest BCUT2D eigenvalue weighted by Crippen LogP contribution is -2.37. The van der Waals surface area contributed by atoms with Crippen molar-refractivity contribution in [1.82, 2.24) is 20.0 Å². The largest absolute Gasteiger partial charge is 0.497 e.